The van der Waals surface area contributed by atoms with Crippen LogP contribution in [0.3, 0.4) is 0 Å². The van der Waals surface area contributed by atoms with Gasteiger partial charge >= 0.3 is 0 Å². The first-order valence-electron chi connectivity index (χ1n) is 12.2. The first kappa shape index (κ1) is 24.3. The number of hydrogen-bond acceptors (Lipinski definition) is 4. The van der Waals surface area contributed by atoms with Gasteiger partial charge in [-0.2, -0.15) is 0 Å². The average molecular weight is 472 g/mol. The summed E-state index contributed by atoms with van der Waals surface area (Å²) in [5.41, 5.74) is 5.85. The summed E-state index contributed by atoms with van der Waals surface area (Å²) in [5.74, 6) is 1.69. The van der Waals surface area contributed by atoms with E-state index < -0.39 is 0 Å². The van der Waals surface area contributed by atoms with Gasteiger partial charge in [0.25, 0.3) is 0 Å². The van der Waals surface area contributed by atoms with Crippen LogP contribution in [0.15, 0.2) is 66.9 Å². The molecular weight excluding hydrogens is 438 g/mol. The van der Waals surface area contributed by atoms with E-state index in [0.29, 0.717) is 19.4 Å². The Hall–Kier alpha value is -3.80. The van der Waals surface area contributed by atoms with Crippen LogP contribution in [0.1, 0.15) is 39.3 Å². The summed E-state index contributed by atoms with van der Waals surface area (Å²) in [4.78, 5) is 17.5. The summed E-state index contributed by atoms with van der Waals surface area (Å²) < 4.78 is 13.1. The predicted molar refractivity (Wildman–Crippen MR) is 140 cm³/mol. The van der Waals surface area contributed by atoms with Gasteiger partial charge in [-0.15, -0.1) is 0 Å². The number of methoxy groups -OCH3 is 1. The summed E-state index contributed by atoms with van der Waals surface area (Å²) >= 11 is 0. The van der Waals surface area contributed by atoms with Crippen molar-refractivity contribution in [2.24, 2.45) is 0 Å². The van der Waals surface area contributed by atoms with Crippen LogP contribution in [-0.2, 0) is 11.2 Å². The van der Waals surface area contributed by atoms with Crippen molar-refractivity contribution in [2.75, 3.05) is 13.7 Å². The standard InChI is InChI=1S/C29H33N3O3/c1-5-20(3)30-28(33)17-15-26-29(21-10-13-24(34-4)14-11-21)31-27-16-12-23(19-32(26)27)22-8-7-9-25(18-22)35-6-2/h7-14,16,18-20H,5-6,15,17H2,1-4H3,(H,30,33). The molecule has 4 rings (SSSR count). The fourth-order valence-corrected chi connectivity index (χ4v) is 4.10. The molecule has 182 valence electrons. The first-order valence-corrected chi connectivity index (χ1v) is 12.2. The van der Waals surface area contributed by atoms with Crippen molar-refractivity contribution in [3.05, 3.63) is 72.6 Å². The van der Waals surface area contributed by atoms with Crippen molar-refractivity contribution in [1.29, 1.82) is 0 Å². The number of fused-ring (bicyclic) bond motifs is 1. The van der Waals surface area contributed by atoms with Gasteiger partial charge in [0.2, 0.25) is 5.91 Å². The molecule has 0 aliphatic rings. The molecule has 2 aromatic carbocycles. The highest BCUT2D eigenvalue weighted by Crippen LogP contribution is 2.30. The molecule has 2 aromatic heterocycles. The minimum absolute atomic E-state index is 0.0514. The number of aryl methyl sites for hydroxylation is 1. The van der Waals surface area contributed by atoms with E-state index >= 15 is 0 Å². The average Bonchev–Trinajstić information content (AvgIpc) is 3.25. The molecule has 6 nitrogen and oxygen atoms in total. The number of amides is 1. The molecule has 0 aliphatic carbocycles. The number of imidazole rings is 1. The van der Waals surface area contributed by atoms with Gasteiger partial charge in [0.15, 0.2) is 0 Å². The summed E-state index contributed by atoms with van der Waals surface area (Å²) in [5, 5.41) is 3.07. The smallest absolute Gasteiger partial charge is 0.220 e. The number of hydrogen-bond donors (Lipinski definition) is 1. The Morgan fingerprint density at radius 3 is 2.49 bits per heavy atom. The molecule has 1 atom stereocenters. The number of carbonyl (C=O) groups excluding carboxylic acids is 1. The van der Waals surface area contributed by atoms with Gasteiger partial charge in [-0.25, -0.2) is 4.98 Å². The lowest BCUT2D eigenvalue weighted by atomic mass is 10.1. The SMILES string of the molecule is CCOc1cccc(-c2ccc3nc(-c4ccc(OC)cc4)c(CCC(=O)NC(C)CC)n3c2)c1. The second-order valence-electron chi connectivity index (χ2n) is 8.62. The van der Waals surface area contributed by atoms with E-state index in [-0.39, 0.29) is 11.9 Å². The molecule has 1 unspecified atom stereocenters. The lowest BCUT2D eigenvalue weighted by Gasteiger charge is -2.12. The van der Waals surface area contributed by atoms with Crippen molar-refractivity contribution in [1.82, 2.24) is 14.7 Å². The Labute approximate surface area is 206 Å². The normalized spacial score (nSPS) is 11.9. The Balaban J connectivity index is 1.75. The largest absolute Gasteiger partial charge is 0.497 e. The van der Waals surface area contributed by atoms with Gasteiger partial charge < -0.3 is 19.2 Å². The number of nitrogens with one attached hydrogen (secondary N) is 1. The summed E-state index contributed by atoms with van der Waals surface area (Å²) in [6.45, 7) is 6.70. The molecule has 0 saturated heterocycles. The molecule has 1 amide bonds. The Morgan fingerprint density at radius 1 is 1.00 bits per heavy atom. The first-order chi connectivity index (χ1) is 17.0. The number of nitrogens with zero attached hydrogens (tertiary/aromatic N) is 2. The van der Waals surface area contributed by atoms with Crippen molar-refractivity contribution in [3.63, 3.8) is 0 Å². The molecule has 0 bridgehead atoms. The lowest BCUT2D eigenvalue weighted by molar-refractivity contribution is -0.121. The fraction of sp³-hybridized carbons (Fsp3) is 0.310. The van der Waals surface area contributed by atoms with Crippen LogP contribution in [0, 0.1) is 0 Å². The van der Waals surface area contributed by atoms with E-state index in [0.717, 1.165) is 51.6 Å². The molecule has 0 radical (unpaired) electrons. The third-order valence-electron chi connectivity index (χ3n) is 6.17. The van der Waals surface area contributed by atoms with Crippen molar-refractivity contribution >= 4 is 11.6 Å². The molecular formula is C29H33N3O3. The zero-order valence-corrected chi connectivity index (χ0v) is 20.9. The van der Waals surface area contributed by atoms with Crippen LogP contribution in [0.25, 0.3) is 28.0 Å². The van der Waals surface area contributed by atoms with E-state index in [2.05, 4.69) is 35.0 Å². The van der Waals surface area contributed by atoms with Crippen molar-refractivity contribution < 1.29 is 14.3 Å². The van der Waals surface area contributed by atoms with Crippen LogP contribution in [0.4, 0.5) is 0 Å². The van der Waals surface area contributed by atoms with E-state index in [9.17, 15) is 4.79 Å². The quantitative estimate of drug-likeness (QED) is 0.312. The number of pyridine rings is 1. The number of ether oxygens (including phenoxy) is 2. The van der Waals surface area contributed by atoms with E-state index in [4.69, 9.17) is 14.5 Å². The maximum Gasteiger partial charge on any atom is 0.220 e. The Kier molecular flexibility index (Phi) is 7.70. The highest BCUT2D eigenvalue weighted by atomic mass is 16.5. The molecule has 0 spiro atoms. The van der Waals surface area contributed by atoms with E-state index in [1.54, 1.807) is 7.11 Å². The number of carbonyl (C=O) groups is 1. The van der Waals surface area contributed by atoms with Crippen molar-refractivity contribution in [3.8, 4) is 33.9 Å². The maximum atomic E-state index is 12.6. The van der Waals surface area contributed by atoms with Gasteiger partial charge in [-0.3, -0.25) is 4.79 Å². The number of rotatable bonds is 10. The molecule has 35 heavy (non-hydrogen) atoms. The predicted octanol–water partition coefficient (Wildman–Crippen LogP) is 5.92. The monoisotopic (exact) mass is 471 g/mol. The van der Waals surface area contributed by atoms with Crippen molar-refractivity contribution in [2.45, 2.75) is 46.1 Å². The van der Waals surface area contributed by atoms with Gasteiger partial charge in [-0.1, -0.05) is 19.1 Å². The van der Waals surface area contributed by atoms with Crippen LogP contribution < -0.4 is 14.8 Å². The molecule has 4 aromatic rings. The summed E-state index contributed by atoms with van der Waals surface area (Å²) in [7, 11) is 1.66. The van der Waals surface area contributed by atoms with E-state index in [1.165, 1.54) is 0 Å². The highest BCUT2D eigenvalue weighted by molar-refractivity contribution is 5.77. The second-order valence-corrected chi connectivity index (χ2v) is 8.62. The Bertz CT molecular complexity index is 1290. The lowest BCUT2D eigenvalue weighted by Crippen LogP contribution is -2.32. The third-order valence-corrected chi connectivity index (χ3v) is 6.17. The zero-order chi connectivity index (χ0) is 24.8. The van der Waals surface area contributed by atoms with Crippen LogP contribution in [0.5, 0.6) is 11.5 Å². The van der Waals surface area contributed by atoms with Gasteiger partial charge in [0.05, 0.1) is 25.1 Å². The number of aromatic nitrogens is 2. The molecule has 0 aliphatic heterocycles. The fourth-order valence-electron chi connectivity index (χ4n) is 4.10. The second kappa shape index (κ2) is 11.1. The van der Waals surface area contributed by atoms with Gasteiger partial charge in [0.1, 0.15) is 17.1 Å². The maximum absolute atomic E-state index is 12.6. The molecule has 0 fully saturated rings. The van der Waals surface area contributed by atoms with Crippen LogP contribution >= 0.6 is 0 Å². The van der Waals surface area contributed by atoms with Crippen LogP contribution in [0.2, 0.25) is 0 Å². The number of benzene rings is 2. The minimum atomic E-state index is 0.0514. The summed E-state index contributed by atoms with van der Waals surface area (Å²) in [6.07, 6.45) is 3.98. The highest BCUT2D eigenvalue weighted by Gasteiger charge is 2.17. The van der Waals surface area contributed by atoms with E-state index in [1.807, 2.05) is 62.4 Å². The topological polar surface area (TPSA) is 64.9 Å². The minimum Gasteiger partial charge on any atom is -0.497 e. The van der Waals surface area contributed by atoms with Gasteiger partial charge in [0, 0.05) is 24.2 Å². The summed E-state index contributed by atoms with van der Waals surface area (Å²) in [6, 6.07) is 20.2. The molecule has 1 N–H and O–H groups in total. The molecule has 0 saturated carbocycles. The van der Waals surface area contributed by atoms with Gasteiger partial charge in [-0.05, 0) is 86.3 Å². The zero-order valence-electron chi connectivity index (χ0n) is 20.9. The molecule has 6 heteroatoms. The third kappa shape index (κ3) is 5.65. The molecule has 2 heterocycles. The van der Waals surface area contributed by atoms with Crippen LogP contribution in [-0.4, -0.2) is 35.1 Å². The Morgan fingerprint density at radius 2 is 1.77 bits per heavy atom.